The first-order valence-corrected chi connectivity index (χ1v) is 9.55. The van der Waals surface area contributed by atoms with Gasteiger partial charge in [-0.1, -0.05) is 35.9 Å². The summed E-state index contributed by atoms with van der Waals surface area (Å²) in [5, 5.41) is 16.3. The molecule has 9 heteroatoms. The highest BCUT2D eigenvalue weighted by Crippen LogP contribution is 2.25. The number of hydrogen-bond acceptors (Lipinski definition) is 4. The average Bonchev–Trinajstić information content (AvgIpc) is 3.23. The Bertz CT molecular complexity index is 1070. The van der Waals surface area contributed by atoms with E-state index < -0.39 is 29.6 Å². The first kappa shape index (κ1) is 20.5. The van der Waals surface area contributed by atoms with Crippen LogP contribution in [-0.4, -0.2) is 22.9 Å². The van der Waals surface area contributed by atoms with Gasteiger partial charge in [0.2, 0.25) is 0 Å². The van der Waals surface area contributed by atoms with Gasteiger partial charge in [-0.2, -0.15) is 0 Å². The molecule has 0 saturated heterocycles. The van der Waals surface area contributed by atoms with Gasteiger partial charge in [-0.3, -0.25) is 9.59 Å². The number of benzene rings is 2. The summed E-state index contributed by atoms with van der Waals surface area (Å²) >= 11 is 7.33. The summed E-state index contributed by atoms with van der Waals surface area (Å²) in [7, 11) is 0. The van der Waals surface area contributed by atoms with Crippen molar-refractivity contribution in [2.75, 3.05) is 5.32 Å². The normalized spacial score (nSPS) is 11.5. The molecule has 29 heavy (non-hydrogen) atoms. The van der Waals surface area contributed by atoms with Gasteiger partial charge in [0.1, 0.15) is 5.82 Å². The number of carbonyl (C=O) groups is 3. The maximum Gasteiger partial charge on any atom is 0.331 e. The van der Waals surface area contributed by atoms with Gasteiger partial charge < -0.3 is 15.7 Å². The maximum atomic E-state index is 14.0. The van der Waals surface area contributed by atoms with Gasteiger partial charge >= 0.3 is 5.97 Å². The highest BCUT2D eigenvalue weighted by atomic mass is 35.5. The number of carbonyl (C=O) groups excluding carboxylic acids is 2. The number of hydrogen-bond donors (Lipinski definition) is 3. The Labute approximate surface area is 173 Å². The molecule has 1 atom stereocenters. The fourth-order valence-corrected chi connectivity index (χ4v) is 3.33. The molecule has 0 bridgehead atoms. The predicted octanol–water partition coefficient (Wildman–Crippen LogP) is 4.35. The van der Waals surface area contributed by atoms with Gasteiger partial charge in [0, 0.05) is 11.1 Å². The van der Waals surface area contributed by atoms with Crippen molar-refractivity contribution < 1.29 is 23.9 Å². The minimum Gasteiger partial charge on any atom is -0.479 e. The monoisotopic (exact) mass is 432 g/mol. The summed E-state index contributed by atoms with van der Waals surface area (Å²) in [4.78, 5) is 36.8. The van der Waals surface area contributed by atoms with Crippen LogP contribution in [0.2, 0.25) is 5.02 Å². The fraction of sp³-hybridized carbons (Fsp3) is 0.0500. The molecule has 6 nitrogen and oxygen atoms in total. The second kappa shape index (κ2) is 8.85. The Kier molecular flexibility index (Phi) is 6.26. The van der Waals surface area contributed by atoms with Crippen molar-refractivity contribution in [2.45, 2.75) is 6.04 Å². The first-order valence-electron chi connectivity index (χ1n) is 8.29. The van der Waals surface area contributed by atoms with E-state index in [0.29, 0.717) is 4.88 Å². The quantitative estimate of drug-likeness (QED) is 0.539. The standard InChI is InChI=1S/C20H14ClFN2O4S/c21-13-8-7-11(10-15(13)23-19(26)16-6-3-9-29-16)18(25)24-17(20(27)28)12-4-1-2-5-14(12)22/h1-10,17H,(H,23,26)(H,24,25)(H,27,28). The summed E-state index contributed by atoms with van der Waals surface area (Å²) in [6.45, 7) is 0. The van der Waals surface area contributed by atoms with Crippen molar-refractivity contribution >= 4 is 46.4 Å². The number of halogens is 2. The number of carboxylic acid groups (broad SMARTS) is 1. The third-order valence-electron chi connectivity index (χ3n) is 3.96. The highest BCUT2D eigenvalue weighted by molar-refractivity contribution is 7.12. The number of thiophene rings is 1. The average molecular weight is 433 g/mol. The number of aliphatic carboxylic acids is 1. The van der Waals surface area contributed by atoms with Gasteiger partial charge in [0.05, 0.1) is 15.6 Å². The van der Waals surface area contributed by atoms with Crippen LogP contribution in [0.3, 0.4) is 0 Å². The zero-order chi connectivity index (χ0) is 21.0. The summed E-state index contributed by atoms with van der Waals surface area (Å²) in [6, 6.07) is 11.2. The van der Waals surface area contributed by atoms with Crippen LogP contribution >= 0.6 is 22.9 Å². The van der Waals surface area contributed by atoms with Gasteiger partial charge in [-0.05, 0) is 35.7 Å². The van der Waals surface area contributed by atoms with Crippen molar-refractivity contribution in [1.29, 1.82) is 0 Å². The van der Waals surface area contributed by atoms with Crippen molar-refractivity contribution in [3.8, 4) is 0 Å². The molecule has 0 aliphatic heterocycles. The van der Waals surface area contributed by atoms with Gasteiger partial charge in [-0.15, -0.1) is 11.3 Å². The van der Waals surface area contributed by atoms with E-state index in [2.05, 4.69) is 10.6 Å². The Morgan fingerprint density at radius 1 is 1.03 bits per heavy atom. The summed E-state index contributed by atoms with van der Waals surface area (Å²) < 4.78 is 14.0. The Morgan fingerprint density at radius 2 is 1.79 bits per heavy atom. The van der Waals surface area contributed by atoms with E-state index in [1.165, 1.54) is 47.7 Å². The molecule has 1 unspecified atom stereocenters. The lowest BCUT2D eigenvalue weighted by Crippen LogP contribution is -2.34. The van der Waals surface area contributed by atoms with Crippen LogP contribution in [-0.2, 0) is 4.79 Å². The molecule has 0 aliphatic rings. The topological polar surface area (TPSA) is 95.5 Å². The molecular formula is C20H14ClFN2O4S. The molecule has 3 N–H and O–H groups in total. The molecule has 1 heterocycles. The lowest BCUT2D eigenvalue weighted by molar-refractivity contribution is -0.139. The van der Waals surface area contributed by atoms with Gasteiger partial charge in [0.25, 0.3) is 11.8 Å². The van der Waals surface area contributed by atoms with E-state index in [9.17, 15) is 23.9 Å². The minimum absolute atomic E-state index is 0.0541. The van der Waals surface area contributed by atoms with Gasteiger partial charge in [0.15, 0.2) is 6.04 Å². The minimum atomic E-state index is -1.58. The second-order valence-electron chi connectivity index (χ2n) is 5.89. The highest BCUT2D eigenvalue weighted by Gasteiger charge is 2.25. The molecule has 1 aromatic heterocycles. The number of rotatable bonds is 6. The van der Waals surface area contributed by atoms with Crippen LogP contribution in [0.4, 0.5) is 10.1 Å². The number of amides is 2. The molecule has 0 spiro atoms. The molecule has 148 valence electrons. The van der Waals surface area contributed by atoms with E-state index in [1.54, 1.807) is 17.5 Å². The van der Waals surface area contributed by atoms with E-state index in [0.717, 1.165) is 6.07 Å². The molecule has 0 aliphatic carbocycles. The van der Waals surface area contributed by atoms with Crippen molar-refractivity contribution in [3.05, 3.63) is 86.8 Å². The second-order valence-corrected chi connectivity index (χ2v) is 7.25. The molecule has 3 aromatic rings. The van der Waals surface area contributed by atoms with Crippen LogP contribution in [0.15, 0.2) is 60.0 Å². The van der Waals surface area contributed by atoms with E-state index in [1.807, 2.05) is 0 Å². The molecule has 0 radical (unpaired) electrons. The molecule has 2 aromatic carbocycles. The van der Waals surface area contributed by atoms with E-state index >= 15 is 0 Å². The van der Waals surface area contributed by atoms with Crippen LogP contribution in [0, 0.1) is 5.82 Å². The van der Waals surface area contributed by atoms with Crippen LogP contribution < -0.4 is 10.6 Å². The van der Waals surface area contributed by atoms with Crippen molar-refractivity contribution in [2.24, 2.45) is 0 Å². The zero-order valence-corrected chi connectivity index (χ0v) is 16.3. The fourth-order valence-electron chi connectivity index (χ4n) is 2.55. The Morgan fingerprint density at radius 3 is 2.45 bits per heavy atom. The molecule has 2 amide bonds. The summed E-state index contributed by atoms with van der Waals surface area (Å²) in [6.07, 6.45) is 0. The lowest BCUT2D eigenvalue weighted by Gasteiger charge is -2.16. The van der Waals surface area contributed by atoms with Crippen LogP contribution in [0.1, 0.15) is 31.6 Å². The predicted molar refractivity (Wildman–Crippen MR) is 108 cm³/mol. The van der Waals surface area contributed by atoms with E-state index in [-0.39, 0.29) is 21.8 Å². The van der Waals surface area contributed by atoms with E-state index in [4.69, 9.17) is 11.6 Å². The maximum absolute atomic E-state index is 14.0. The zero-order valence-electron chi connectivity index (χ0n) is 14.7. The third-order valence-corrected chi connectivity index (χ3v) is 5.16. The molecular weight excluding hydrogens is 419 g/mol. The van der Waals surface area contributed by atoms with Crippen LogP contribution in [0.5, 0.6) is 0 Å². The Hall–Kier alpha value is -3.23. The largest absolute Gasteiger partial charge is 0.479 e. The molecule has 0 fully saturated rings. The van der Waals surface area contributed by atoms with Gasteiger partial charge in [-0.25, -0.2) is 9.18 Å². The number of carboxylic acids is 1. The molecule has 0 saturated carbocycles. The first-order chi connectivity index (χ1) is 13.9. The SMILES string of the molecule is O=C(NC(C(=O)O)c1ccccc1F)c1ccc(Cl)c(NC(=O)c2cccs2)c1. The molecule has 3 rings (SSSR count). The van der Waals surface area contributed by atoms with Crippen LogP contribution in [0.25, 0.3) is 0 Å². The summed E-state index contributed by atoms with van der Waals surface area (Å²) in [5.41, 5.74) is 0.0717. The van der Waals surface area contributed by atoms with Crippen molar-refractivity contribution in [1.82, 2.24) is 5.32 Å². The lowest BCUT2D eigenvalue weighted by atomic mass is 10.1. The third kappa shape index (κ3) is 4.79. The summed E-state index contributed by atoms with van der Waals surface area (Å²) in [5.74, 6) is -3.32. The number of nitrogens with one attached hydrogen (secondary N) is 2. The Balaban J connectivity index is 1.82. The number of anilines is 1. The smallest absolute Gasteiger partial charge is 0.331 e. The van der Waals surface area contributed by atoms with Crippen molar-refractivity contribution in [3.63, 3.8) is 0 Å².